The highest BCUT2D eigenvalue weighted by atomic mass is 79.9. The van der Waals surface area contributed by atoms with Crippen molar-refractivity contribution in [2.24, 2.45) is 5.92 Å². The predicted octanol–water partition coefficient (Wildman–Crippen LogP) is 3.57. The van der Waals surface area contributed by atoms with Crippen molar-refractivity contribution in [3.8, 4) is 0 Å². The predicted molar refractivity (Wildman–Crippen MR) is 67.4 cm³/mol. The van der Waals surface area contributed by atoms with Gasteiger partial charge in [0.1, 0.15) is 0 Å². The maximum atomic E-state index is 3.82. The van der Waals surface area contributed by atoms with Gasteiger partial charge < -0.3 is 0 Å². The third-order valence-corrected chi connectivity index (χ3v) is 5.52. The van der Waals surface area contributed by atoms with Crippen molar-refractivity contribution >= 4 is 15.9 Å². The van der Waals surface area contributed by atoms with E-state index in [2.05, 4.69) is 20.8 Å². The lowest BCUT2D eigenvalue weighted by Crippen LogP contribution is -2.45. The molecule has 3 rings (SSSR count). The van der Waals surface area contributed by atoms with Crippen LogP contribution in [0.4, 0.5) is 0 Å². The summed E-state index contributed by atoms with van der Waals surface area (Å²) in [5, 5.41) is 0. The van der Waals surface area contributed by atoms with E-state index in [1.807, 2.05) is 0 Å². The minimum atomic E-state index is 0.815. The molecule has 0 N–H and O–H groups in total. The van der Waals surface area contributed by atoms with Crippen LogP contribution in [0.1, 0.15) is 51.4 Å². The second-order valence-corrected chi connectivity index (χ2v) is 7.10. The Morgan fingerprint density at radius 1 is 0.933 bits per heavy atom. The van der Waals surface area contributed by atoms with Gasteiger partial charge in [0.15, 0.2) is 0 Å². The first kappa shape index (κ1) is 10.6. The van der Waals surface area contributed by atoms with E-state index in [-0.39, 0.29) is 0 Å². The lowest BCUT2D eigenvalue weighted by Gasteiger charge is -2.38. The molecule has 3 aliphatic rings. The second-order valence-electron chi connectivity index (χ2n) is 5.80. The molecule has 2 heteroatoms. The Labute approximate surface area is 102 Å². The van der Waals surface area contributed by atoms with Crippen molar-refractivity contribution in [3.05, 3.63) is 0 Å². The zero-order valence-corrected chi connectivity index (χ0v) is 11.1. The number of alkyl halides is 1. The summed E-state index contributed by atoms with van der Waals surface area (Å²) in [6, 6.07) is 1.85. The summed E-state index contributed by atoms with van der Waals surface area (Å²) in [5.74, 6) is 1.04. The Morgan fingerprint density at radius 3 is 2.13 bits per heavy atom. The van der Waals surface area contributed by atoms with Crippen LogP contribution in [0, 0.1) is 5.92 Å². The van der Waals surface area contributed by atoms with Gasteiger partial charge in [0, 0.05) is 23.5 Å². The molecule has 0 aromatic heterocycles. The summed E-state index contributed by atoms with van der Waals surface area (Å²) in [4.78, 5) is 3.68. The second kappa shape index (κ2) is 4.37. The number of nitrogens with zero attached hydrogens (tertiary/aromatic N) is 1. The molecule has 2 bridgehead atoms. The van der Waals surface area contributed by atoms with Crippen LogP contribution in [0.2, 0.25) is 0 Å². The minimum Gasteiger partial charge on any atom is -0.297 e. The van der Waals surface area contributed by atoms with Crippen molar-refractivity contribution in [1.29, 1.82) is 0 Å². The van der Waals surface area contributed by atoms with E-state index in [0.29, 0.717) is 0 Å². The zero-order chi connectivity index (χ0) is 10.3. The van der Waals surface area contributed by atoms with E-state index in [1.165, 1.54) is 57.9 Å². The molecule has 3 fully saturated rings. The van der Waals surface area contributed by atoms with Crippen molar-refractivity contribution in [1.82, 2.24) is 4.90 Å². The standard InChI is InChI=1S/C13H22BrN/c14-11-7-12-5-6-13(8-11)15(12)9-10-3-1-2-4-10/h10-13H,1-9H2. The highest BCUT2D eigenvalue weighted by Gasteiger charge is 2.40. The highest BCUT2D eigenvalue weighted by Crippen LogP contribution is 2.40. The summed E-state index contributed by atoms with van der Waals surface area (Å²) >= 11 is 3.82. The fourth-order valence-electron chi connectivity index (χ4n) is 4.00. The third kappa shape index (κ3) is 2.12. The van der Waals surface area contributed by atoms with Crippen LogP contribution in [0.15, 0.2) is 0 Å². The van der Waals surface area contributed by atoms with Gasteiger partial charge in [-0.3, -0.25) is 4.90 Å². The molecule has 2 heterocycles. The number of hydrogen-bond donors (Lipinski definition) is 0. The van der Waals surface area contributed by atoms with Crippen molar-refractivity contribution in [2.45, 2.75) is 68.3 Å². The molecule has 2 aliphatic heterocycles. The molecule has 1 saturated carbocycles. The first-order chi connectivity index (χ1) is 7.33. The number of halogens is 1. The zero-order valence-electron chi connectivity index (χ0n) is 9.50. The summed E-state index contributed by atoms with van der Waals surface area (Å²) < 4.78 is 0. The third-order valence-electron chi connectivity index (χ3n) is 4.77. The molecule has 0 aromatic carbocycles. The van der Waals surface area contributed by atoms with Crippen LogP contribution < -0.4 is 0 Å². The summed E-state index contributed by atoms with van der Waals surface area (Å²) in [6.07, 6.45) is 11.8. The van der Waals surface area contributed by atoms with Crippen LogP contribution in [0.25, 0.3) is 0 Å². The summed E-state index contributed by atoms with van der Waals surface area (Å²) in [7, 11) is 0. The van der Waals surface area contributed by atoms with Gasteiger partial charge >= 0.3 is 0 Å². The maximum Gasteiger partial charge on any atom is 0.0175 e. The van der Waals surface area contributed by atoms with Crippen LogP contribution in [-0.2, 0) is 0 Å². The fraction of sp³-hybridized carbons (Fsp3) is 1.00. The van der Waals surface area contributed by atoms with Crippen LogP contribution in [0.5, 0.6) is 0 Å². The highest BCUT2D eigenvalue weighted by molar-refractivity contribution is 9.09. The topological polar surface area (TPSA) is 3.24 Å². The maximum absolute atomic E-state index is 3.82. The molecule has 0 amide bonds. The first-order valence-corrected chi connectivity index (χ1v) is 7.64. The van der Waals surface area contributed by atoms with Crippen LogP contribution in [-0.4, -0.2) is 28.4 Å². The average Bonchev–Trinajstić information content (AvgIpc) is 2.77. The van der Waals surface area contributed by atoms with Crippen LogP contribution in [0.3, 0.4) is 0 Å². The minimum absolute atomic E-state index is 0.815. The molecular formula is C13H22BrN. The lowest BCUT2D eigenvalue weighted by molar-refractivity contribution is 0.122. The van der Waals surface area contributed by atoms with Gasteiger partial charge in [-0.2, -0.15) is 0 Å². The molecular weight excluding hydrogens is 250 g/mol. The molecule has 2 atom stereocenters. The SMILES string of the molecule is BrC1CC2CCC(C1)N2CC1CCCC1. The van der Waals surface area contributed by atoms with Gasteiger partial charge in [-0.25, -0.2) is 0 Å². The number of fused-ring (bicyclic) bond motifs is 2. The van der Waals surface area contributed by atoms with E-state index in [4.69, 9.17) is 0 Å². The average molecular weight is 272 g/mol. The van der Waals surface area contributed by atoms with E-state index in [0.717, 1.165) is 22.8 Å². The largest absolute Gasteiger partial charge is 0.297 e. The van der Waals surface area contributed by atoms with E-state index >= 15 is 0 Å². The van der Waals surface area contributed by atoms with Gasteiger partial charge in [-0.05, 0) is 44.4 Å². The Hall–Kier alpha value is 0.440. The normalized spacial score (nSPS) is 42.6. The lowest BCUT2D eigenvalue weighted by atomic mass is 9.99. The van der Waals surface area contributed by atoms with Gasteiger partial charge in [0.05, 0.1) is 0 Å². The van der Waals surface area contributed by atoms with Crippen LogP contribution >= 0.6 is 15.9 Å². The quantitative estimate of drug-likeness (QED) is 0.695. The molecule has 0 radical (unpaired) electrons. The smallest absolute Gasteiger partial charge is 0.0175 e. The molecule has 0 spiro atoms. The van der Waals surface area contributed by atoms with Crippen molar-refractivity contribution in [3.63, 3.8) is 0 Å². The van der Waals surface area contributed by atoms with E-state index < -0.39 is 0 Å². The molecule has 1 aliphatic carbocycles. The molecule has 0 aromatic rings. The molecule has 2 saturated heterocycles. The van der Waals surface area contributed by atoms with Gasteiger partial charge in [-0.1, -0.05) is 28.8 Å². The van der Waals surface area contributed by atoms with Crippen molar-refractivity contribution < 1.29 is 0 Å². The van der Waals surface area contributed by atoms with Gasteiger partial charge in [0.25, 0.3) is 0 Å². The first-order valence-electron chi connectivity index (χ1n) is 6.73. The number of rotatable bonds is 2. The van der Waals surface area contributed by atoms with Gasteiger partial charge in [0.2, 0.25) is 0 Å². The molecule has 1 nitrogen and oxygen atoms in total. The van der Waals surface area contributed by atoms with Crippen molar-refractivity contribution in [2.75, 3.05) is 6.54 Å². The summed E-state index contributed by atoms with van der Waals surface area (Å²) in [5.41, 5.74) is 0. The molecule has 86 valence electrons. The van der Waals surface area contributed by atoms with Gasteiger partial charge in [-0.15, -0.1) is 0 Å². The Bertz CT molecular complexity index is 211. The van der Waals surface area contributed by atoms with E-state index in [1.54, 1.807) is 0 Å². The Kier molecular flexibility index (Phi) is 3.08. The Morgan fingerprint density at radius 2 is 1.53 bits per heavy atom. The fourth-order valence-corrected chi connectivity index (χ4v) is 4.86. The molecule has 2 unspecified atom stereocenters. The summed E-state index contributed by atoms with van der Waals surface area (Å²) in [6.45, 7) is 1.43. The number of piperidine rings is 1. The number of hydrogen-bond acceptors (Lipinski definition) is 1. The van der Waals surface area contributed by atoms with E-state index in [9.17, 15) is 0 Å². The Balaban J connectivity index is 1.61. The molecule has 15 heavy (non-hydrogen) atoms. The monoisotopic (exact) mass is 271 g/mol.